The van der Waals surface area contributed by atoms with Crippen LogP contribution in [0.25, 0.3) is 10.9 Å². The number of aromatic nitrogens is 2. The Balaban J connectivity index is 1.80. The van der Waals surface area contributed by atoms with Gasteiger partial charge in [0.15, 0.2) is 5.69 Å². The Labute approximate surface area is 194 Å². The van der Waals surface area contributed by atoms with E-state index >= 15 is 0 Å². The van der Waals surface area contributed by atoms with Crippen LogP contribution in [0, 0.1) is 5.41 Å². The van der Waals surface area contributed by atoms with Gasteiger partial charge in [0, 0.05) is 18.0 Å². The van der Waals surface area contributed by atoms with Crippen LogP contribution in [0.15, 0.2) is 24.3 Å². The van der Waals surface area contributed by atoms with Crippen LogP contribution in [-0.2, 0) is 16.1 Å². The molecular formula is C24H35N5O4. The molecule has 1 atom stereocenters. The molecule has 1 aromatic heterocycles. The van der Waals surface area contributed by atoms with Crippen molar-refractivity contribution in [3.8, 4) is 0 Å². The fourth-order valence-electron chi connectivity index (χ4n) is 4.23. The van der Waals surface area contributed by atoms with Crippen molar-refractivity contribution in [1.82, 2.24) is 25.7 Å². The van der Waals surface area contributed by atoms with Gasteiger partial charge in [-0.3, -0.25) is 19.1 Å². The first-order chi connectivity index (χ1) is 15.7. The molecule has 1 aliphatic carbocycles. The maximum atomic E-state index is 13.2. The topological polar surface area (TPSA) is 125 Å². The number of nitrogens with one attached hydrogen (secondary N) is 3. The van der Waals surface area contributed by atoms with Gasteiger partial charge in [0.25, 0.3) is 5.91 Å². The molecule has 0 spiro atoms. The average molecular weight is 458 g/mol. The highest BCUT2D eigenvalue weighted by atomic mass is 16.3. The summed E-state index contributed by atoms with van der Waals surface area (Å²) in [6.45, 7) is 5.49. The Kier molecular flexibility index (Phi) is 8.07. The molecular weight excluding hydrogens is 422 g/mol. The van der Waals surface area contributed by atoms with Crippen LogP contribution < -0.4 is 16.0 Å². The summed E-state index contributed by atoms with van der Waals surface area (Å²) in [5.41, 5.74) is 0.284. The highest BCUT2D eigenvalue weighted by molar-refractivity contribution is 6.06. The van der Waals surface area contributed by atoms with E-state index in [1.807, 2.05) is 39.0 Å². The van der Waals surface area contributed by atoms with Crippen LogP contribution in [0.1, 0.15) is 63.4 Å². The normalized spacial score (nSPS) is 15.8. The van der Waals surface area contributed by atoms with Crippen molar-refractivity contribution in [3.63, 3.8) is 0 Å². The zero-order chi connectivity index (χ0) is 24.0. The van der Waals surface area contributed by atoms with Gasteiger partial charge in [0.1, 0.15) is 12.6 Å². The number of amides is 3. The maximum absolute atomic E-state index is 13.2. The van der Waals surface area contributed by atoms with Gasteiger partial charge in [0.05, 0.1) is 12.1 Å². The molecule has 9 nitrogen and oxygen atoms in total. The second kappa shape index (κ2) is 10.8. The monoisotopic (exact) mass is 457 g/mol. The molecule has 1 aromatic carbocycles. The number of fused-ring (bicyclic) bond motifs is 1. The molecule has 1 heterocycles. The minimum Gasteiger partial charge on any atom is -0.395 e. The van der Waals surface area contributed by atoms with Crippen molar-refractivity contribution in [2.75, 3.05) is 13.2 Å². The van der Waals surface area contributed by atoms with Crippen molar-refractivity contribution >= 4 is 28.6 Å². The molecule has 1 unspecified atom stereocenters. The third-order valence-corrected chi connectivity index (χ3v) is 5.95. The van der Waals surface area contributed by atoms with E-state index < -0.39 is 17.4 Å². The smallest absolute Gasteiger partial charge is 0.273 e. The third-order valence-electron chi connectivity index (χ3n) is 5.95. The molecule has 180 valence electrons. The van der Waals surface area contributed by atoms with E-state index in [-0.39, 0.29) is 43.2 Å². The lowest BCUT2D eigenvalue weighted by Crippen LogP contribution is -2.54. The van der Waals surface area contributed by atoms with Crippen LogP contribution in [0.3, 0.4) is 0 Å². The van der Waals surface area contributed by atoms with Crippen LogP contribution in [-0.4, -0.2) is 57.8 Å². The molecule has 0 radical (unpaired) electrons. The average Bonchev–Trinajstić information content (AvgIpc) is 3.14. The molecule has 4 N–H and O–H groups in total. The lowest BCUT2D eigenvalue weighted by atomic mass is 9.86. The molecule has 1 saturated carbocycles. The summed E-state index contributed by atoms with van der Waals surface area (Å²) in [4.78, 5) is 38.5. The molecule has 0 saturated heterocycles. The highest BCUT2D eigenvalue weighted by Crippen LogP contribution is 2.23. The largest absolute Gasteiger partial charge is 0.395 e. The number of carbonyl (C=O) groups excluding carboxylic acids is 3. The van der Waals surface area contributed by atoms with E-state index in [1.54, 1.807) is 10.7 Å². The Morgan fingerprint density at radius 2 is 1.85 bits per heavy atom. The first-order valence-corrected chi connectivity index (χ1v) is 11.6. The molecule has 1 aliphatic rings. The molecule has 33 heavy (non-hydrogen) atoms. The number of nitrogens with zero attached hydrogens (tertiary/aromatic N) is 2. The molecule has 2 aromatic rings. The van der Waals surface area contributed by atoms with Gasteiger partial charge in [-0.1, -0.05) is 58.2 Å². The minimum absolute atomic E-state index is 0.0178. The van der Waals surface area contributed by atoms with Crippen molar-refractivity contribution in [2.45, 2.75) is 71.5 Å². The Morgan fingerprint density at radius 1 is 1.15 bits per heavy atom. The number of hydrogen-bond donors (Lipinski definition) is 4. The Hall–Kier alpha value is -2.94. The Bertz CT molecular complexity index is 988. The second-order valence-corrected chi connectivity index (χ2v) is 9.71. The molecule has 3 amide bonds. The molecule has 0 aliphatic heterocycles. The first kappa shape index (κ1) is 24.7. The van der Waals surface area contributed by atoms with E-state index in [9.17, 15) is 14.4 Å². The predicted molar refractivity (Wildman–Crippen MR) is 126 cm³/mol. The lowest BCUT2D eigenvalue weighted by Gasteiger charge is -2.30. The number of hydrogen-bond acceptors (Lipinski definition) is 5. The SMILES string of the molecule is CC(C)(C)C(NC(=O)c1nn(CC(=O)NC2CCCCC2)c2ccccc12)C(=O)NCCO. The van der Waals surface area contributed by atoms with Crippen molar-refractivity contribution < 1.29 is 19.5 Å². The second-order valence-electron chi connectivity index (χ2n) is 9.71. The fraction of sp³-hybridized carbons (Fsp3) is 0.583. The van der Waals surface area contributed by atoms with Crippen LogP contribution >= 0.6 is 0 Å². The standard InChI is InChI=1S/C24H35N5O4/c1-24(2,3)21(23(33)25-13-14-30)27-22(32)20-17-11-7-8-12-18(17)29(28-20)15-19(31)26-16-9-5-4-6-10-16/h7-8,11-12,16,21,30H,4-6,9-10,13-15H2,1-3H3,(H,25,33)(H,26,31)(H,27,32). The number of aliphatic hydroxyl groups is 1. The summed E-state index contributed by atoms with van der Waals surface area (Å²) in [5.74, 6) is -0.990. The van der Waals surface area contributed by atoms with Crippen LogP contribution in [0.5, 0.6) is 0 Å². The maximum Gasteiger partial charge on any atom is 0.273 e. The van der Waals surface area contributed by atoms with Gasteiger partial charge in [-0.25, -0.2) is 0 Å². The van der Waals surface area contributed by atoms with Gasteiger partial charge in [0.2, 0.25) is 11.8 Å². The Morgan fingerprint density at radius 3 is 2.52 bits per heavy atom. The van der Waals surface area contributed by atoms with E-state index in [1.165, 1.54) is 6.42 Å². The number of aliphatic hydroxyl groups excluding tert-OH is 1. The minimum atomic E-state index is -0.824. The summed E-state index contributed by atoms with van der Waals surface area (Å²) < 4.78 is 1.54. The predicted octanol–water partition coefficient (Wildman–Crippen LogP) is 1.74. The molecule has 0 bridgehead atoms. The molecule has 1 fully saturated rings. The van der Waals surface area contributed by atoms with Crippen LogP contribution in [0.4, 0.5) is 0 Å². The first-order valence-electron chi connectivity index (χ1n) is 11.6. The summed E-state index contributed by atoms with van der Waals surface area (Å²) >= 11 is 0. The molecule has 3 rings (SSSR count). The van der Waals surface area contributed by atoms with Gasteiger partial charge in [-0.2, -0.15) is 5.10 Å². The summed E-state index contributed by atoms with van der Waals surface area (Å²) in [5, 5.41) is 22.6. The number of carbonyl (C=O) groups is 3. The van der Waals surface area contributed by atoms with Gasteiger partial charge in [-0.05, 0) is 24.3 Å². The third kappa shape index (κ3) is 6.31. The lowest BCUT2D eigenvalue weighted by molar-refractivity contribution is -0.125. The summed E-state index contributed by atoms with van der Waals surface area (Å²) in [6, 6.07) is 6.62. The van der Waals surface area contributed by atoms with E-state index in [0.717, 1.165) is 25.7 Å². The number of benzene rings is 1. The quantitative estimate of drug-likeness (QED) is 0.480. The van der Waals surface area contributed by atoms with Crippen molar-refractivity contribution in [2.24, 2.45) is 5.41 Å². The van der Waals surface area contributed by atoms with Gasteiger partial charge < -0.3 is 21.1 Å². The summed E-state index contributed by atoms with van der Waals surface area (Å²) in [7, 11) is 0. The number of para-hydroxylation sites is 1. The van der Waals surface area contributed by atoms with E-state index in [2.05, 4.69) is 21.0 Å². The zero-order valence-electron chi connectivity index (χ0n) is 19.7. The zero-order valence-corrected chi connectivity index (χ0v) is 19.7. The van der Waals surface area contributed by atoms with Crippen molar-refractivity contribution in [3.05, 3.63) is 30.0 Å². The highest BCUT2D eigenvalue weighted by Gasteiger charge is 2.34. The summed E-state index contributed by atoms with van der Waals surface area (Å²) in [6.07, 6.45) is 5.45. The number of rotatable bonds is 8. The molecule has 9 heteroatoms. The van der Waals surface area contributed by atoms with E-state index in [0.29, 0.717) is 10.9 Å². The van der Waals surface area contributed by atoms with Crippen LogP contribution in [0.2, 0.25) is 0 Å². The van der Waals surface area contributed by atoms with Gasteiger partial charge >= 0.3 is 0 Å². The van der Waals surface area contributed by atoms with Gasteiger partial charge in [-0.15, -0.1) is 0 Å². The van der Waals surface area contributed by atoms with E-state index in [4.69, 9.17) is 5.11 Å². The fourth-order valence-corrected chi connectivity index (χ4v) is 4.23. The van der Waals surface area contributed by atoms with Crippen molar-refractivity contribution in [1.29, 1.82) is 0 Å².